The van der Waals surface area contributed by atoms with Crippen molar-refractivity contribution in [2.24, 2.45) is 0 Å². The van der Waals surface area contributed by atoms with Gasteiger partial charge in [-0.1, -0.05) is 32.0 Å². The SMILES string of the molecule is [2H]C([2H])([2H])c1cc(C([2H])(CC)CC)ccc1C. The second kappa shape index (κ2) is 4.45. The van der Waals surface area contributed by atoms with Crippen LogP contribution in [-0.2, 0) is 0 Å². The number of rotatable bonds is 3. The van der Waals surface area contributed by atoms with E-state index in [1.807, 2.05) is 26.0 Å². The molecule has 0 bridgehead atoms. The third kappa shape index (κ3) is 2.33. The Balaban J connectivity index is 3.31. The Bertz CT molecular complexity index is 389. The van der Waals surface area contributed by atoms with Crippen LogP contribution >= 0.6 is 0 Å². The van der Waals surface area contributed by atoms with Crippen LogP contribution in [0, 0.1) is 13.8 Å². The highest BCUT2D eigenvalue weighted by Crippen LogP contribution is 2.24. The van der Waals surface area contributed by atoms with Gasteiger partial charge in [0, 0.05) is 5.48 Å². The summed E-state index contributed by atoms with van der Waals surface area (Å²) in [6.45, 7) is 3.63. The van der Waals surface area contributed by atoms with E-state index in [2.05, 4.69) is 0 Å². The molecule has 0 aliphatic heterocycles. The van der Waals surface area contributed by atoms with E-state index in [-0.39, 0.29) is 0 Å². The van der Waals surface area contributed by atoms with Crippen molar-refractivity contribution >= 4 is 0 Å². The van der Waals surface area contributed by atoms with Crippen molar-refractivity contribution in [3.05, 3.63) is 34.9 Å². The molecule has 0 amide bonds. The first-order chi connectivity index (χ1) is 7.74. The molecule has 0 nitrogen and oxygen atoms in total. The van der Waals surface area contributed by atoms with Gasteiger partial charge in [0.05, 0.1) is 0 Å². The van der Waals surface area contributed by atoms with Crippen molar-refractivity contribution in [3.8, 4) is 0 Å². The first kappa shape index (κ1) is 5.85. The number of benzene rings is 1. The van der Waals surface area contributed by atoms with Crippen LogP contribution in [0.25, 0.3) is 0 Å². The maximum Gasteiger partial charge on any atom is 0.0352 e. The highest BCUT2D eigenvalue weighted by Gasteiger charge is 2.06. The van der Waals surface area contributed by atoms with E-state index in [1.54, 1.807) is 13.0 Å². The summed E-state index contributed by atoms with van der Waals surface area (Å²) in [6, 6.07) is 5.37. The van der Waals surface area contributed by atoms with Gasteiger partial charge in [-0.05, 0) is 49.2 Å². The summed E-state index contributed by atoms with van der Waals surface area (Å²) in [6.07, 6.45) is 1.38. The Morgan fingerprint density at radius 1 is 1.31 bits per heavy atom. The summed E-state index contributed by atoms with van der Waals surface area (Å²) < 4.78 is 30.9. The molecule has 0 heterocycles. The second-order valence-electron chi connectivity index (χ2n) is 3.34. The normalized spacial score (nSPS) is 17.2. The minimum absolute atomic E-state index is 0.369. The zero-order chi connectivity index (χ0) is 13.3. The quantitative estimate of drug-likeness (QED) is 0.653. The van der Waals surface area contributed by atoms with E-state index >= 15 is 0 Å². The lowest BCUT2D eigenvalue weighted by Gasteiger charge is -2.14. The van der Waals surface area contributed by atoms with Crippen molar-refractivity contribution in [1.82, 2.24) is 0 Å². The third-order valence-electron chi connectivity index (χ3n) is 2.50. The van der Waals surface area contributed by atoms with Crippen molar-refractivity contribution < 1.29 is 5.48 Å². The minimum atomic E-state index is -2.09. The molecule has 72 valence electrons. The summed E-state index contributed by atoms with van der Waals surface area (Å²) in [5.74, 6) is -0.673. The van der Waals surface area contributed by atoms with Crippen molar-refractivity contribution in [1.29, 1.82) is 0 Å². The van der Waals surface area contributed by atoms with Gasteiger partial charge in [0.25, 0.3) is 0 Å². The van der Waals surface area contributed by atoms with E-state index in [0.717, 1.165) is 11.1 Å². The maximum atomic E-state index is 8.35. The molecule has 0 unspecified atom stereocenters. The Morgan fingerprint density at radius 2 is 2.00 bits per heavy atom. The molecule has 1 aromatic carbocycles. The Hall–Kier alpha value is -0.780. The van der Waals surface area contributed by atoms with E-state index in [9.17, 15) is 0 Å². The largest absolute Gasteiger partial charge is 0.0648 e. The third-order valence-corrected chi connectivity index (χ3v) is 2.50. The summed E-state index contributed by atoms with van der Waals surface area (Å²) in [4.78, 5) is 0. The predicted octanol–water partition coefficient (Wildman–Crippen LogP) is 4.21. The molecule has 1 rings (SSSR count). The van der Waals surface area contributed by atoms with E-state index in [0.29, 0.717) is 18.4 Å². The summed E-state index contributed by atoms with van der Waals surface area (Å²) >= 11 is 0. The lowest BCUT2D eigenvalue weighted by Crippen LogP contribution is -1.96. The molecule has 0 aromatic heterocycles. The summed E-state index contributed by atoms with van der Waals surface area (Å²) in [5.41, 5.74) is 1.94. The zero-order valence-electron chi connectivity index (χ0n) is 12.6. The molecule has 0 atom stereocenters. The molecule has 0 heteroatoms. The Morgan fingerprint density at radius 3 is 2.54 bits per heavy atom. The molecule has 0 aliphatic rings. The van der Waals surface area contributed by atoms with Gasteiger partial charge in [0.2, 0.25) is 0 Å². The lowest BCUT2D eigenvalue weighted by atomic mass is 9.92. The van der Waals surface area contributed by atoms with Gasteiger partial charge in [-0.3, -0.25) is 0 Å². The molecular formula is C13H20. The topological polar surface area (TPSA) is 0 Å². The summed E-state index contributed by atoms with van der Waals surface area (Å²) in [7, 11) is 0. The van der Waals surface area contributed by atoms with Gasteiger partial charge in [-0.25, -0.2) is 0 Å². The number of hydrogen-bond acceptors (Lipinski definition) is 0. The lowest BCUT2D eigenvalue weighted by molar-refractivity contribution is 0.641. The molecular weight excluding hydrogens is 156 g/mol. The van der Waals surface area contributed by atoms with Gasteiger partial charge in [-0.2, -0.15) is 0 Å². The zero-order valence-corrected chi connectivity index (χ0v) is 8.65. The number of aryl methyl sites for hydroxylation is 2. The average molecular weight is 180 g/mol. The van der Waals surface area contributed by atoms with Gasteiger partial charge in [-0.15, -0.1) is 0 Å². The van der Waals surface area contributed by atoms with Crippen LogP contribution in [0.5, 0.6) is 0 Å². The van der Waals surface area contributed by atoms with Gasteiger partial charge in [0.15, 0.2) is 0 Å². The van der Waals surface area contributed by atoms with Crippen LogP contribution in [0.1, 0.15) is 54.8 Å². The van der Waals surface area contributed by atoms with E-state index < -0.39 is 12.7 Å². The van der Waals surface area contributed by atoms with Crippen LogP contribution in [-0.4, -0.2) is 0 Å². The first-order valence-electron chi connectivity index (χ1n) is 6.86. The summed E-state index contributed by atoms with van der Waals surface area (Å²) in [5, 5.41) is 0. The van der Waals surface area contributed by atoms with Crippen LogP contribution < -0.4 is 0 Å². The van der Waals surface area contributed by atoms with Gasteiger partial charge < -0.3 is 0 Å². The fourth-order valence-corrected chi connectivity index (χ4v) is 1.50. The molecule has 1 aromatic rings. The van der Waals surface area contributed by atoms with E-state index in [1.165, 1.54) is 0 Å². The van der Waals surface area contributed by atoms with Crippen molar-refractivity contribution in [3.63, 3.8) is 0 Å². The fourth-order valence-electron chi connectivity index (χ4n) is 1.50. The molecule has 0 saturated carbocycles. The van der Waals surface area contributed by atoms with Crippen LogP contribution in [0.15, 0.2) is 18.2 Å². The van der Waals surface area contributed by atoms with Crippen LogP contribution in [0.3, 0.4) is 0 Å². The van der Waals surface area contributed by atoms with Crippen LogP contribution in [0.2, 0.25) is 0 Å². The Labute approximate surface area is 87.6 Å². The highest BCUT2D eigenvalue weighted by atomic mass is 14.1. The first-order valence-corrected chi connectivity index (χ1v) is 4.86. The molecule has 0 spiro atoms. The van der Waals surface area contributed by atoms with E-state index in [4.69, 9.17) is 5.48 Å². The molecule has 0 N–H and O–H groups in total. The van der Waals surface area contributed by atoms with Gasteiger partial charge in [0.1, 0.15) is 0 Å². The molecule has 0 saturated heterocycles. The van der Waals surface area contributed by atoms with Crippen molar-refractivity contribution in [2.75, 3.05) is 0 Å². The standard InChI is InChI=1S/C13H20/c1-5-12(6-2)13-8-7-10(3)11(4)9-13/h7-9,12H,5-6H2,1-4H3/i4D3,12D. The van der Waals surface area contributed by atoms with Gasteiger partial charge >= 0.3 is 0 Å². The van der Waals surface area contributed by atoms with Crippen LogP contribution in [0.4, 0.5) is 0 Å². The average Bonchev–Trinajstić information content (AvgIpc) is 2.27. The fraction of sp³-hybridized carbons (Fsp3) is 0.538. The van der Waals surface area contributed by atoms with Crippen molar-refractivity contribution in [2.45, 2.75) is 46.4 Å². The number of hydrogen-bond donors (Lipinski definition) is 0. The maximum absolute atomic E-state index is 8.35. The molecule has 0 radical (unpaired) electrons. The second-order valence-corrected chi connectivity index (χ2v) is 3.34. The molecule has 0 aliphatic carbocycles. The minimum Gasteiger partial charge on any atom is -0.0648 e. The monoisotopic (exact) mass is 180 g/mol. The highest BCUT2D eigenvalue weighted by molar-refractivity contribution is 5.31. The smallest absolute Gasteiger partial charge is 0.0352 e. The molecule has 13 heavy (non-hydrogen) atoms. The Kier molecular flexibility index (Phi) is 2.00. The molecule has 0 fully saturated rings. The predicted molar refractivity (Wildman–Crippen MR) is 59.2 cm³/mol.